The van der Waals surface area contributed by atoms with Gasteiger partial charge in [-0.25, -0.2) is 5.01 Å². The first kappa shape index (κ1) is 8.62. The molecule has 1 aromatic rings. The molecule has 4 nitrogen and oxygen atoms in total. The molecule has 70 valence electrons. The van der Waals surface area contributed by atoms with Gasteiger partial charge in [0, 0.05) is 25.8 Å². The second-order valence-electron chi connectivity index (χ2n) is 3.33. The molecule has 0 radical (unpaired) electrons. The van der Waals surface area contributed by atoms with Gasteiger partial charge in [0.2, 0.25) is 0 Å². The third kappa shape index (κ3) is 2.24. The molecule has 2 N–H and O–H groups in total. The number of hydrogen-bond donors (Lipinski definition) is 1. The Bertz CT molecular complexity index is 262. The smallest absolute Gasteiger partial charge is 0.0647 e. The number of nitrogens with two attached hydrogens (primary N) is 1. The van der Waals surface area contributed by atoms with Crippen LogP contribution in [0.2, 0.25) is 0 Å². The molecule has 0 aromatic carbocycles. The highest BCUT2D eigenvalue weighted by atomic mass is 15.5. The molecule has 0 unspecified atom stereocenters. The van der Waals surface area contributed by atoms with Gasteiger partial charge in [0.1, 0.15) is 0 Å². The van der Waals surface area contributed by atoms with Crippen molar-refractivity contribution in [3.05, 3.63) is 30.1 Å². The fourth-order valence-corrected chi connectivity index (χ4v) is 1.52. The van der Waals surface area contributed by atoms with Gasteiger partial charge in [0.25, 0.3) is 0 Å². The zero-order valence-electron chi connectivity index (χ0n) is 7.56. The van der Waals surface area contributed by atoms with E-state index in [9.17, 15) is 0 Å². The van der Waals surface area contributed by atoms with Crippen LogP contribution in [0.4, 0.5) is 0 Å². The van der Waals surface area contributed by atoms with Crippen molar-refractivity contribution in [1.29, 1.82) is 0 Å². The normalized spacial score (nSPS) is 19.5. The minimum absolute atomic E-state index is 0.844. The summed E-state index contributed by atoms with van der Waals surface area (Å²) < 4.78 is 0. The summed E-state index contributed by atoms with van der Waals surface area (Å²) in [4.78, 5) is 6.55. The standard InChI is InChI=1S/C9H14N4/c10-13-6-5-12(8-13)7-9-3-1-2-4-11-9/h1-4H,5-8,10H2. The highest BCUT2D eigenvalue weighted by Crippen LogP contribution is 2.05. The number of hydrazine groups is 1. The van der Waals surface area contributed by atoms with E-state index in [-0.39, 0.29) is 0 Å². The summed E-state index contributed by atoms with van der Waals surface area (Å²) in [6.07, 6.45) is 1.83. The molecule has 1 aromatic heterocycles. The number of hydrogen-bond acceptors (Lipinski definition) is 4. The molecular formula is C9H14N4. The molecule has 1 saturated heterocycles. The Morgan fingerprint density at radius 3 is 2.92 bits per heavy atom. The van der Waals surface area contributed by atoms with Crippen molar-refractivity contribution in [2.75, 3.05) is 19.8 Å². The van der Waals surface area contributed by atoms with E-state index in [1.54, 1.807) is 0 Å². The quantitative estimate of drug-likeness (QED) is 0.649. The van der Waals surface area contributed by atoms with Gasteiger partial charge in [-0.15, -0.1) is 0 Å². The maximum absolute atomic E-state index is 5.65. The van der Waals surface area contributed by atoms with Crippen molar-refractivity contribution < 1.29 is 0 Å². The molecule has 1 aliphatic heterocycles. The molecule has 2 heterocycles. The first-order chi connectivity index (χ1) is 6.34. The zero-order chi connectivity index (χ0) is 9.10. The predicted molar refractivity (Wildman–Crippen MR) is 50.4 cm³/mol. The van der Waals surface area contributed by atoms with Crippen LogP contribution in [0, 0.1) is 0 Å². The van der Waals surface area contributed by atoms with E-state index in [1.807, 2.05) is 29.4 Å². The van der Waals surface area contributed by atoms with Crippen molar-refractivity contribution in [2.45, 2.75) is 6.54 Å². The van der Waals surface area contributed by atoms with E-state index >= 15 is 0 Å². The van der Waals surface area contributed by atoms with Gasteiger partial charge in [0.05, 0.1) is 12.4 Å². The number of aromatic nitrogens is 1. The van der Waals surface area contributed by atoms with Crippen LogP contribution in [0.5, 0.6) is 0 Å². The molecule has 0 atom stereocenters. The van der Waals surface area contributed by atoms with Crippen LogP contribution in [-0.2, 0) is 6.54 Å². The highest BCUT2D eigenvalue weighted by molar-refractivity contribution is 5.03. The van der Waals surface area contributed by atoms with Gasteiger partial charge in [-0.05, 0) is 12.1 Å². The average Bonchev–Trinajstić information content (AvgIpc) is 2.53. The lowest BCUT2D eigenvalue weighted by molar-refractivity contribution is 0.243. The third-order valence-corrected chi connectivity index (χ3v) is 2.20. The van der Waals surface area contributed by atoms with Gasteiger partial charge in [-0.2, -0.15) is 0 Å². The molecule has 0 amide bonds. The third-order valence-electron chi connectivity index (χ3n) is 2.20. The lowest BCUT2D eigenvalue weighted by Gasteiger charge is -2.13. The van der Waals surface area contributed by atoms with E-state index in [0.717, 1.165) is 32.0 Å². The topological polar surface area (TPSA) is 45.4 Å². The molecule has 0 saturated carbocycles. The molecule has 4 heteroatoms. The van der Waals surface area contributed by atoms with Crippen LogP contribution in [0.1, 0.15) is 5.69 Å². The Hall–Kier alpha value is -0.970. The van der Waals surface area contributed by atoms with Crippen LogP contribution < -0.4 is 5.84 Å². The molecule has 0 aliphatic carbocycles. The molecule has 0 bridgehead atoms. The van der Waals surface area contributed by atoms with Gasteiger partial charge in [-0.1, -0.05) is 6.07 Å². The summed E-state index contributed by atoms with van der Waals surface area (Å²) in [5.74, 6) is 5.65. The zero-order valence-corrected chi connectivity index (χ0v) is 7.56. The number of nitrogens with zero attached hydrogens (tertiary/aromatic N) is 3. The molecule has 0 spiro atoms. The van der Waals surface area contributed by atoms with Gasteiger partial charge in [-0.3, -0.25) is 15.7 Å². The van der Waals surface area contributed by atoms with Gasteiger partial charge >= 0.3 is 0 Å². The fourth-order valence-electron chi connectivity index (χ4n) is 1.52. The summed E-state index contributed by atoms with van der Waals surface area (Å²) in [5.41, 5.74) is 1.11. The molecular weight excluding hydrogens is 164 g/mol. The van der Waals surface area contributed by atoms with E-state index < -0.39 is 0 Å². The van der Waals surface area contributed by atoms with Crippen molar-refractivity contribution >= 4 is 0 Å². The minimum atomic E-state index is 0.844. The average molecular weight is 178 g/mol. The first-order valence-electron chi connectivity index (χ1n) is 4.46. The Kier molecular flexibility index (Phi) is 2.54. The molecule has 13 heavy (non-hydrogen) atoms. The Morgan fingerprint density at radius 2 is 2.31 bits per heavy atom. The Morgan fingerprint density at radius 1 is 1.38 bits per heavy atom. The predicted octanol–water partition coefficient (Wildman–Crippen LogP) is 0.0304. The second-order valence-corrected chi connectivity index (χ2v) is 3.33. The second kappa shape index (κ2) is 3.83. The van der Waals surface area contributed by atoms with Crippen LogP contribution in [0.3, 0.4) is 0 Å². The Balaban J connectivity index is 1.92. The molecule has 2 rings (SSSR count). The fraction of sp³-hybridized carbons (Fsp3) is 0.444. The number of rotatable bonds is 2. The summed E-state index contributed by atoms with van der Waals surface area (Å²) in [6.45, 7) is 3.73. The highest BCUT2D eigenvalue weighted by Gasteiger charge is 2.16. The monoisotopic (exact) mass is 178 g/mol. The van der Waals surface area contributed by atoms with Crippen LogP contribution in [0.25, 0.3) is 0 Å². The molecule has 1 fully saturated rings. The van der Waals surface area contributed by atoms with Crippen LogP contribution in [-0.4, -0.2) is 34.7 Å². The van der Waals surface area contributed by atoms with E-state index in [1.165, 1.54) is 0 Å². The maximum Gasteiger partial charge on any atom is 0.0647 e. The van der Waals surface area contributed by atoms with E-state index in [4.69, 9.17) is 5.84 Å². The van der Waals surface area contributed by atoms with Crippen molar-refractivity contribution in [3.8, 4) is 0 Å². The van der Waals surface area contributed by atoms with Crippen LogP contribution >= 0.6 is 0 Å². The lowest BCUT2D eigenvalue weighted by Crippen LogP contribution is -2.30. The van der Waals surface area contributed by atoms with Gasteiger partial charge < -0.3 is 0 Å². The minimum Gasteiger partial charge on any atom is -0.282 e. The Labute approximate surface area is 77.9 Å². The lowest BCUT2D eigenvalue weighted by atomic mass is 10.3. The summed E-state index contributed by atoms with van der Waals surface area (Å²) in [6, 6.07) is 5.99. The summed E-state index contributed by atoms with van der Waals surface area (Å²) in [7, 11) is 0. The van der Waals surface area contributed by atoms with Crippen molar-refractivity contribution in [1.82, 2.24) is 14.9 Å². The van der Waals surface area contributed by atoms with Gasteiger partial charge in [0.15, 0.2) is 0 Å². The van der Waals surface area contributed by atoms with Crippen molar-refractivity contribution in [3.63, 3.8) is 0 Å². The van der Waals surface area contributed by atoms with Crippen LogP contribution in [0.15, 0.2) is 24.4 Å². The summed E-state index contributed by atoms with van der Waals surface area (Å²) in [5, 5.41) is 1.82. The number of pyridine rings is 1. The molecule has 1 aliphatic rings. The SMILES string of the molecule is NN1CCN(Cc2ccccn2)C1. The maximum atomic E-state index is 5.65. The summed E-state index contributed by atoms with van der Waals surface area (Å²) >= 11 is 0. The van der Waals surface area contributed by atoms with E-state index in [0.29, 0.717) is 0 Å². The van der Waals surface area contributed by atoms with E-state index in [2.05, 4.69) is 9.88 Å². The largest absolute Gasteiger partial charge is 0.282 e. The first-order valence-corrected chi connectivity index (χ1v) is 4.46. The van der Waals surface area contributed by atoms with Crippen molar-refractivity contribution in [2.24, 2.45) is 5.84 Å².